The number of aromatic nitrogens is 1. The highest BCUT2D eigenvalue weighted by Gasteiger charge is 2.31. The maximum atomic E-state index is 12.3. The van der Waals surface area contributed by atoms with Crippen LogP contribution in [0.15, 0.2) is 12.3 Å². The van der Waals surface area contributed by atoms with E-state index in [1.165, 1.54) is 0 Å². The van der Waals surface area contributed by atoms with Crippen molar-refractivity contribution in [2.45, 2.75) is 12.6 Å². The molecule has 1 nitrogen and oxygen atoms in total. The first-order valence-corrected chi connectivity index (χ1v) is 5.72. The second kappa shape index (κ2) is 5.55. The van der Waals surface area contributed by atoms with E-state index < -0.39 is 11.7 Å². The molecule has 0 amide bonds. The molecule has 1 rings (SSSR count). The van der Waals surface area contributed by atoms with Gasteiger partial charge in [-0.3, -0.25) is 0 Å². The molecule has 0 fully saturated rings. The fraction of sp³-hybridized carbons (Fsp3) is 0.300. The van der Waals surface area contributed by atoms with Crippen LogP contribution in [0.4, 0.5) is 13.2 Å². The van der Waals surface area contributed by atoms with Crippen molar-refractivity contribution in [1.29, 1.82) is 0 Å². The van der Waals surface area contributed by atoms with Crippen molar-refractivity contribution < 1.29 is 13.2 Å². The standard InChI is InChI=1S/C10H6BrClF3N/c11-4-2-1-3-9-8(12)5-7(6-16-9)10(13,14)15/h5-6H,2,4H2. The van der Waals surface area contributed by atoms with E-state index >= 15 is 0 Å². The number of hydrogen-bond acceptors (Lipinski definition) is 1. The minimum Gasteiger partial charge on any atom is -0.246 e. The van der Waals surface area contributed by atoms with Gasteiger partial charge in [-0.25, -0.2) is 4.98 Å². The number of rotatable bonds is 1. The van der Waals surface area contributed by atoms with Gasteiger partial charge in [-0.2, -0.15) is 13.2 Å². The van der Waals surface area contributed by atoms with Gasteiger partial charge in [0.2, 0.25) is 0 Å². The molecular weight excluding hydrogens is 306 g/mol. The first-order chi connectivity index (χ1) is 7.45. The summed E-state index contributed by atoms with van der Waals surface area (Å²) in [6, 6.07) is 0.826. The van der Waals surface area contributed by atoms with Crippen LogP contribution in [-0.2, 0) is 6.18 Å². The molecule has 86 valence electrons. The average molecular weight is 313 g/mol. The van der Waals surface area contributed by atoms with Crippen LogP contribution < -0.4 is 0 Å². The molecule has 0 spiro atoms. The molecule has 0 saturated heterocycles. The summed E-state index contributed by atoms with van der Waals surface area (Å²) in [6.07, 6.45) is -3.12. The van der Waals surface area contributed by atoms with E-state index in [4.69, 9.17) is 11.6 Å². The zero-order valence-electron chi connectivity index (χ0n) is 7.91. The van der Waals surface area contributed by atoms with Crippen LogP contribution in [-0.4, -0.2) is 10.3 Å². The summed E-state index contributed by atoms with van der Waals surface area (Å²) in [5.41, 5.74) is -0.709. The molecule has 0 unspecified atom stereocenters. The minimum absolute atomic E-state index is 0.0862. The third-order valence-electron chi connectivity index (χ3n) is 1.59. The van der Waals surface area contributed by atoms with Crippen LogP contribution in [0.25, 0.3) is 0 Å². The molecule has 0 aromatic carbocycles. The summed E-state index contributed by atoms with van der Waals surface area (Å²) in [6.45, 7) is 0. The molecule has 0 aliphatic rings. The average Bonchev–Trinajstić information content (AvgIpc) is 2.19. The van der Waals surface area contributed by atoms with Crippen LogP contribution in [0.2, 0.25) is 5.02 Å². The molecule has 0 aliphatic heterocycles. The maximum absolute atomic E-state index is 12.3. The predicted octanol–water partition coefficient (Wildman–Crippen LogP) is 3.89. The molecule has 0 aliphatic carbocycles. The lowest BCUT2D eigenvalue weighted by molar-refractivity contribution is -0.137. The Morgan fingerprint density at radius 3 is 2.62 bits per heavy atom. The highest BCUT2D eigenvalue weighted by molar-refractivity contribution is 9.09. The third-order valence-corrected chi connectivity index (χ3v) is 2.28. The Kier molecular flexibility index (Phi) is 4.63. The molecule has 0 N–H and O–H groups in total. The Labute approximate surface area is 104 Å². The second-order valence-electron chi connectivity index (χ2n) is 2.79. The first-order valence-electron chi connectivity index (χ1n) is 4.22. The fourth-order valence-corrected chi connectivity index (χ4v) is 1.29. The Morgan fingerprint density at radius 1 is 1.44 bits per heavy atom. The third kappa shape index (κ3) is 3.69. The van der Waals surface area contributed by atoms with Crippen LogP contribution >= 0.6 is 27.5 Å². The summed E-state index contributed by atoms with van der Waals surface area (Å²) in [7, 11) is 0. The minimum atomic E-state index is -4.43. The Morgan fingerprint density at radius 2 is 2.12 bits per heavy atom. The van der Waals surface area contributed by atoms with Crippen molar-refractivity contribution in [3.63, 3.8) is 0 Å². The van der Waals surface area contributed by atoms with Crippen molar-refractivity contribution >= 4 is 27.5 Å². The molecule has 0 bridgehead atoms. The van der Waals surface area contributed by atoms with E-state index in [0.29, 0.717) is 11.8 Å². The normalized spacial score (nSPS) is 10.8. The number of pyridine rings is 1. The highest BCUT2D eigenvalue weighted by atomic mass is 79.9. The van der Waals surface area contributed by atoms with Gasteiger partial charge in [-0.05, 0) is 12.0 Å². The summed E-state index contributed by atoms with van der Waals surface area (Å²) in [4.78, 5) is 3.58. The molecule has 1 aromatic rings. The fourth-order valence-electron chi connectivity index (χ4n) is 0.878. The number of halogens is 5. The number of alkyl halides is 4. The maximum Gasteiger partial charge on any atom is 0.417 e. The monoisotopic (exact) mass is 311 g/mol. The summed E-state index contributed by atoms with van der Waals surface area (Å²) in [5, 5.41) is 0.607. The van der Waals surface area contributed by atoms with E-state index in [1.54, 1.807) is 0 Å². The highest BCUT2D eigenvalue weighted by Crippen LogP contribution is 2.30. The molecule has 0 radical (unpaired) electrons. The van der Waals surface area contributed by atoms with Gasteiger partial charge in [0.15, 0.2) is 0 Å². The van der Waals surface area contributed by atoms with Crippen LogP contribution in [0, 0.1) is 11.8 Å². The Bertz CT molecular complexity index is 434. The second-order valence-corrected chi connectivity index (χ2v) is 3.99. The molecule has 1 aromatic heterocycles. The van der Waals surface area contributed by atoms with Gasteiger partial charge in [0.25, 0.3) is 0 Å². The lowest BCUT2D eigenvalue weighted by Crippen LogP contribution is -2.05. The Balaban J connectivity index is 2.98. The SMILES string of the molecule is FC(F)(F)c1cnc(C#CCCBr)c(Cl)c1. The van der Waals surface area contributed by atoms with E-state index in [1.807, 2.05) is 0 Å². The van der Waals surface area contributed by atoms with Gasteiger partial charge in [-0.15, -0.1) is 0 Å². The lowest BCUT2D eigenvalue weighted by Gasteiger charge is -2.06. The first kappa shape index (κ1) is 13.3. The summed E-state index contributed by atoms with van der Waals surface area (Å²) >= 11 is 8.81. The largest absolute Gasteiger partial charge is 0.417 e. The van der Waals surface area contributed by atoms with E-state index in [0.717, 1.165) is 12.3 Å². The number of nitrogens with zero attached hydrogens (tertiary/aromatic N) is 1. The lowest BCUT2D eigenvalue weighted by atomic mass is 10.2. The van der Waals surface area contributed by atoms with Crippen molar-refractivity contribution in [3.05, 3.63) is 28.5 Å². The van der Waals surface area contributed by atoms with Gasteiger partial charge in [0, 0.05) is 17.9 Å². The topological polar surface area (TPSA) is 12.9 Å². The van der Waals surface area contributed by atoms with Crippen molar-refractivity contribution in [2.24, 2.45) is 0 Å². The van der Waals surface area contributed by atoms with Crippen LogP contribution in [0.5, 0.6) is 0 Å². The molecule has 0 atom stereocenters. The van der Waals surface area contributed by atoms with Gasteiger partial charge in [0.1, 0.15) is 5.69 Å². The number of hydrogen-bond donors (Lipinski definition) is 0. The van der Waals surface area contributed by atoms with Gasteiger partial charge >= 0.3 is 6.18 Å². The van der Waals surface area contributed by atoms with Gasteiger partial charge in [-0.1, -0.05) is 33.5 Å². The van der Waals surface area contributed by atoms with Crippen LogP contribution in [0.3, 0.4) is 0 Å². The quantitative estimate of drug-likeness (QED) is 0.566. The Hall–Kier alpha value is -0.730. The van der Waals surface area contributed by atoms with Crippen molar-refractivity contribution in [2.75, 3.05) is 5.33 Å². The molecule has 1 heterocycles. The van der Waals surface area contributed by atoms with Crippen molar-refractivity contribution in [3.8, 4) is 11.8 Å². The smallest absolute Gasteiger partial charge is 0.246 e. The van der Waals surface area contributed by atoms with Gasteiger partial charge < -0.3 is 0 Å². The molecular formula is C10H6BrClF3N. The summed E-state index contributed by atoms with van der Waals surface area (Å²) < 4.78 is 36.8. The summed E-state index contributed by atoms with van der Waals surface area (Å²) in [5.74, 6) is 5.33. The van der Waals surface area contributed by atoms with Crippen LogP contribution in [0.1, 0.15) is 17.7 Å². The molecule has 6 heteroatoms. The zero-order valence-corrected chi connectivity index (χ0v) is 10.2. The van der Waals surface area contributed by atoms with E-state index in [9.17, 15) is 13.2 Å². The molecule has 16 heavy (non-hydrogen) atoms. The predicted molar refractivity (Wildman–Crippen MR) is 59.5 cm³/mol. The van der Waals surface area contributed by atoms with Crippen molar-refractivity contribution in [1.82, 2.24) is 4.98 Å². The van der Waals surface area contributed by atoms with Gasteiger partial charge in [0.05, 0.1) is 10.6 Å². The van der Waals surface area contributed by atoms with E-state index in [2.05, 4.69) is 32.8 Å². The zero-order chi connectivity index (χ0) is 12.2. The molecule has 0 saturated carbocycles. The van der Waals surface area contributed by atoms with E-state index in [-0.39, 0.29) is 10.7 Å².